The Hall–Kier alpha value is -3.91. The van der Waals surface area contributed by atoms with Crippen LogP contribution in [0, 0.1) is 0 Å². The van der Waals surface area contributed by atoms with Crippen LogP contribution in [0.1, 0.15) is 25.9 Å². The molecule has 7 nitrogen and oxygen atoms in total. The summed E-state index contributed by atoms with van der Waals surface area (Å²) >= 11 is 1.40. The molecule has 5 rings (SSSR count). The Morgan fingerprint density at radius 2 is 1.78 bits per heavy atom. The number of nitrogens with zero attached hydrogens (tertiary/aromatic N) is 2. The number of amides is 1. The number of ether oxygens (including phenoxy) is 2. The van der Waals surface area contributed by atoms with Gasteiger partial charge in [-0.25, -0.2) is 4.98 Å². The number of hydrogen-bond donors (Lipinski definition) is 1. The number of carbonyl (C=O) groups excluding carboxylic acids is 2. The number of thiophene rings is 1. The van der Waals surface area contributed by atoms with Gasteiger partial charge in [-0.15, -0.1) is 11.3 Å². The molecule has 0 saturated heterocycles. The Balaban J connectivity index is 1.28. The van der Waals surface area contributed by atoms with Crippen LogP contribution in [0.5, 0.6) is 11.5 Å². The molecule has 0 spiro atoms. The number of ketones is 1. The van der Waals surface area contributed by atoms with Crippen molar-refractivity contribution in [1.29, 1.82) is 0 Å². The molecule has 0 saturated carbocycles. The maximum absolute atomic E-state index is 12.7. The fourth-order valence-corrected chi connectivity index (χ4v) is 4.32. The molecule has 4 aromatic rings. The van der Waals surface area contributed by atoms with Gasteiger partial charge in [0.05, 0.1) is 4.88 Å². The van der Waals surface area contributed by atoms with Gasteiger partial charge in [-0.1, -0.05) is 0 Å². The molecule has 0 unspecified atom stereocenters. The molecule has 2 aromatic heterocycles. The maximum Gasteiger partial charge on any atom is 0.265 e. The molecule has 0 bridgehead atoms. The molecule has 1 aliphatic rings. The van der Waals surface area contributed by atoms with Gasteiger partial charge in [-0.2, -0.15) is 0 Å². The number of benzene rings is 2. The molecule has 160 valence electrons. The highest BCUT2D eigenvalue weighted by Crippen LogP contribution is 2.37. The van der Waals surface area contributed by atoms with E-state index >= 15 is 0 Å². The molecule has 1 aliphatic heterocycles. The summed E-state index contributed by atoms with van der Waals surface area (Å²) in [6.07, 6.45) is 3.31. The highest BCUT2D eigenvalue weighted by Gasteiger charge is 2.16. The van der Waals surface area contributed by atoms with Gasteiger partial charge in [0.2, 0.25) is 5.78 Å². The minimum absolute atomic E-state index is 0.169. The molecule has 3 heterocycles. The van der Waals surface area contributed by atoms with E-state index in [1.54, 1.807) is 54.3 Å². The topological polar surface area (TPSA) is 82.5 Å². The first kappa shape index (κ1) is 20.0. The molecule has 2 aromatic carbocycles. The fourth-order valence-electron chi connectivity index (χ4n) is 3.42. The van der Waals surface area contributed by atoms with Crippen molar-refractivity contribution in [3.05, 3.63) is 83.3 Å². The van der Waals surface area contributed by atoms with Gasteiger partial charge in [0, 0.05) is 35.6 Å². The quantitative estimate of drug-likeness (QED) is 0.461. The molecule has 1 N–H and O–H groups in total. The third-order valence-electron chi connectivity index (χ3n) is 5.09. The molecular formula is C24H19N3O4S. The van der Waals surface area contributed by atoms with Crippen LogP contribution in [0.2, 0.25) is 0 Å². The number of anilines is 1. The SMILES string of the molecule is Cn1ccnc1C(=O)c1ccc(NC(=O)c2ccc(-c3ccc4c(c3)OCCO4)s2)cc1. The van der Waals surface area contributed by atoms with Gasteiger partial charge < -0.3 is 19.4 Å². The summed E-state index contributed by atoms with van der Waals surface area (Å²) in [6, 6.07) is 16.3. The highest BCUT2D eigenvalue weighted by atomic mass is 32.1. The van der Waals surface area contributed by atoms with Crippen molar-refractivity contribution in [2.45, 2.75) is 0 Å². The number of nitrogens with one attached hydrogen (secondary N) is 1. The van der Waals surface area contributed by atoms with Crippen molar-refractivity contribution in [3.63, 3.8) is 0 Å². The summed E-state index contributed by atoms with van der Waals surface area (Å²) in [6.45, 7) is 1.08. The molecule has 32 heavy (non-hydrogen) atoms. The first-order chi connectivity index (χ1) is 15.6. The third kappa shape index (κ3) is 3.88. The van der Waals surface area contributed by atoms with Crippen molar-refractivity contribution in [2.24, 2.45) is 7.05 Å². The normalized spacial score (nSPS) is 12.4. The van der Waals surface area contributed by atoms with E-state index in [1.807, 2.05) is 24.3 Å². The molecule has 0 radical (unpaired) electrons. The zero-order chi connectivity index (χ0) is 22.1. The molecule has 0 atom stereocenters. The predicted octanol–water partition coefficient (Wildman–Crippen LogP) is 4.40. The molecule has 1 amide bonds. The Labute approximate surface area is 188 Å². The zero-order valence-electron chi connectivity index (χ0n) is 17.2. The summed E-state index contributed by atoms with van der Waals surface area (Å²) in [5, 5.41) is 2.88. The second kappa shape index (κ2) is 8.32. The van der Waals surface area contributed by atoms with Crippen LogP contribution < -0.4 is 14.8 Å². The average molecular weight is 446 g/mol. The summed E-state index contributed by atoms with van der Waals surface area (Å²) in [4.78, 5) is 30.9. The lowest BCUT2D eigenvalue weighted by atomic mass is 10.1. The van der Waals surface area contributed by atoms with E-state index in [9.17, 15) is 9.59 Å². The fraction of sp³-hybridized carbons (Fsp3) is 0.125. The first-order valence-electron chi connectivity index (χ1n) is 10.0. The number of imidazole rings is 1. The number of aromatic nitrogens is 2. The van der Waals surface area contributed by atoms with Crippen molar-refractivity contribution < 1.29 is 19.1 Å². The monoisotopic (exact) mass is 445 g/mol. The average Bonchev–Trinajstić information content (AvgIpc) is 3.48. The van der Waals surface area contributed by atoms with Crippen LogP contribution in [0.3, 0.4) is 0 Å². The Morgan fingerprint density at radius 3 is 2.53 bits per heavy atom. The van der Waals surface area contributed by atoms with E-state index < -0.39 is 0 Å². The first-order valence-corrected chi connectivity index (χ1v) is 10.8. The summed E-state index contributed by atoms with van der Waals surface area (Å²) in [5.74, 6) is 1.44. The number of rotatable bonds is 5. The van der Waals surface area contributed by atoms with Crippen molar-refractivity contribution >= 4 is 28.7 Å². The molecule has 0 aliphatic carbocycles. The van der Waals surface area contributed by atoms with Crippen LogP contribution in [-0.2, 0) is 7.05 Å². The second-order valence-corrected chi connectivity index (χ2v) is 8.33. The lowest BCUT2D eigenvalue weighted by Gasteiger charge is -2.18. The van der Waals surface area contributed by atoms with Crippen LogP contribution in [-0.4, -0.2) is 34.5 Å². The van der Waals surface area contributed by atoms with Crippen molar-refractivity contribution in [1.82, 2.24) is 9.55 Å². The molecule has 8 heteroatoms. The Kier molecular flexibility index (Phi) is 5.20. The number of carbonyl (C=O) groups is 2. The predicted molar refractivity (Wildman–Crippen MR) is 122 cm³/mol. The number of fused-ring (bicyclic) bond motifs is 1. The van der Waals surface area contributed by atoms with Crippen LogP contribution in [0.4, 0.5) is 5.69 Å². The van der Waals surface area contributed by atoms with Gasteiger partial charge >= 0.3 is 0 Å². The minimum atomic E-state index is -0.207. The second-order valence-electron chi connectivity index (χ2n) is 7.24. The van der Waals surface area contributed by atoms with Crippen LogP contribution in [0.15, 0.2) is 67.0 Å². The Bertz CT molecular complexity index is 1310. The summed E-state index contributed by atoms with van der Waals surface area (Å²) in [7, 11) is 1.77. The van der Waals surface area contributed by atoms with Gasteiger partial charge in [0.25, 0.3) is 5.91 Å². The van der Waals surface area contributed by atoms with Gasteiger partial charge in [0.1, 0.15) is 13.2 Å². The van der Waals surface area contributed by atoms with Crippen LogP contribution in [0.25, 0.3) is 10.4 Å². The van der Waals surface area contributed by atoms with E-state index in [1.165, 1.54) is 11.3 Å². The smallest absolute Gasteiger partial charge is 0.265 e. The minimum Gasteiger partial charge on any atom is -0.486 e. The van der Waals surface area contributed by atoms with Gasteiger partial charge in [0.15, 0.2) is 17.3 Å². The van der Waals surface area contributed by atoms with Crippen LogP contribution >= 0.6 is 11.3 Å². The number of hydrogen-bond acceptors (Lipinski definition) is 6. The standard InChI is InChI=1S/C24H19N3O4S/c1-27-11-10-25-23(27)22(28)15-2-5-17(6-3-15)26-24(29)21-9-8-20(32-21)16-4-7-18-19(14-16)31-13-12-30-18/h2-11,14H,12-13H2,1H3,(H,26,29). The molecular weight excluding hydrogens is 426 g/mol. The van der Waals surface area contributed by atoms with E-state index in [4.69, 9.17) is 9.47 Å². The molecule has 0 fully saturated rings. The zero-order valence-corrected chi connectivity index (χ0v) is 18.0. The summed E-state index contributed by atoms with van der Waals surface area (Å²) in [5.41, 5.74) is 2.09. The van der Waals surface area contributed by atoms with E-state index in [0.717, 1.165) is 16.2 Å². The largest absolute Gasteiger partial charge is 0.486 e. The summed E-state index contributed by atoms with van der Waals surface area (Å²) < 4.78 is 12.9. The van der Waals surface area contributed by atoms with Gasteiger partial charge in [-0.05, 0) is 60.2 Å². The third-order valence-corrected chi connectivity index (χ3v) is 6.22. The van der Waals surface area contributed by atoms with Crippen molar-refractivity contribution in [3.8, 4) is 21.9 Å². The van der Waals surface area contributed by atoms with E-state index in [-0.39, 0.29) is 11.7 Å². The van der Waals surface area contributed by atoms with Crippen molar-refractivity contribution in [2.75, 3.05) is 18.5 Å². The highest BCUT2D eigenvalue weighted by molar-refractivity contribution is 7.17. The lowest BCUT2D eigenvalue weighted by Crippen LogP contribution is -2.15. The maximum atomic E-state index is 12.7. The van der Waals surface area contributed by atoms with E-state index in [2.05, 4.69) is 10.3 Å². The Morgan fingerprint density at radius 1 is 1.00 bits per heavy atom. The lowest BCUT2D eigenvalue weighted by molar-refractivity contribution is 0.102. The van der Waals surface area contributed by atoms with Gasteiger partial charge in [-0.3, -0.25) is 9.59 Å². The number of aryl methyl sites for hydroxylation is 1. The van der Waals surface area contributed by atoms with E-state index in [0.29, 0.717) is 40.9 Å².